The van der Waals surface area contributed by atoms with Crippen molar-refractivity contribution in [2.24, 2.45) is 18.2 Å². The molecule has 1 aromatic heterocycles. The molecule has 1 unspecified atom stereocenters. The van der Waals surface area contributed by atoms with Gasteiger partial charge in [-0.3, -0.25) is 4.68 Å². The Morgan fingerprint density at radius 3 is 2.81 bits per heavy atom. The van der Waals surface area contributed by atoms with Gasteiger partial charge in [0.05, 0.1) is 5.69 Å². The van der Waals surface area contributed by atoms with Gasteiger partial charge in [-0.25, -0.2) is 0 Å². The molecule has 0 aromatic carbocycles. The zero-order chi connectivity index (χ0) is 11.6. The van der Waals surface area contributed by atoms with Crippen LogP contribution in [0.15, 0.2) is 12.3 Å². The lowest BCUT2D eigenvalue weighted by Gasteiger charge is -2.39. The monoisotopic (exact) mass is 225 g/mol. The molecule has 3 N–H and O–H groups in total. The summed E-state index contributed by atoms with van der Waals surface area (Å²) in [5.41, 5.74) is 6.42. The van der Waals surface area contributed by atoms with Gasteiger partial charge in [0.1, 0.15) is 6.10 Å². The lowest BCUT2D eigenvalue weighted by atomic mass is 9.74. The van der Waals surface area contributed by atoms with Crippen LogP contribution in [0.3, 0.4) is 0 Å². The lowest BCUT2D eigenvalue weighted by Crippen LogP contribution is -2.42. The van der Waals surface area contributed by atoms with E-state index in [1.165, 1.54) is 0 Å². The Labute approximate surface area is 95.2 Å². The van der Waals surface area contributed by atoms with Gasteiger partial charge in [-0.15, -0.1) is 0 Å². The third-order valence-electron chi connectivity index (χ3n) is 3.61. The third kappa shape index (κ3) is 1.86. The summed E-state index contributed by atoms with van der Waals surface area (Å²) in [4.78, 5) is 0. The van der Waals surface area contributed by atoms with Gasteiger partial charge in [-0.05, 0) is 18.9 Å². The van der Waals surface area contributed by atoms with E-state index < -0.39 is 6.10 Å². The van der Waals surface area contributed by atoms with Crippen molar-refractivity contribution in [1.29, 1.82) is 0 Å². The van der Waals surface area contributed by atoms with Crippen molar-refractivity contribution < 1.29 is 9.84 Å². The summed E-state index contributed by atoms with van der Waals surface area (Å²) in [7, 11) is 1.84. The maximum absolute atomic E-state index is 10.5. The first-order valence-corrected chi connectivity index (χ1v) is 5.63. The average molecular weight is 225 g/mol. The summed E-state index contributed by atoms with van der Waals surface area (Å²) in [6.45, 7) is 1.82. The standard InChI is InChI=1S/C11H19N3O2/c1-14-9(2-5-13-14)10(15)11(8-12)3-6-16-7-4-11/h2,5,10,15H,3-4,6-8,12H2,1H3. The highest BCUT2D eigenvalue weighted by atomic mass is 16.5. The van der Waals surface area contributed by atoms with E-state index in [1.807, 2.05) is 13.1 Å². The summed E-state index contributed by atoms with van der Waals surface area (Å²) in [5, 5.41) is 14.6. The largest absolute Gasteiger partial charge is 0.386 e. The number of aliphatic hydroxyl groups excluding tert-OH is 1. The lowest BCUT2D eigenvalue weighted by molar-refractivity contribution is -0.0610. The summed E-state index contributed by atoms with van der Waals surface area (Å²) in [5.74, 6) is 0. The number of rotatable bonds is 3. The quantitative estimate of drug-likeness (QED) is 0.771. The molecule has 1 aliphatic rings. The van der Waals surface area contributed by atoms with Crippen molar-refractivity contribution in [3.63, 3.8) is 0 Å². The number of aryl methyl sites for hydroxylation is 1. The molecule has 0 bridgehead atoms. The molecule has 16 heavy (non-hydrogen) atoms. The van der Waals surface area contributed by atoms with Crippen LogP contribution in [0.4, 0.5) is 0 Å². The van der Waals surface area contributed by atoms with E-state index in [4.69, 9.17) is 10.5 Å². The molecule has 0 amide bonds. The van der Waals surface area contributed by atoms with E-state index in [0.29, 0.717) is 19.8 Å². The number of ether oxygens (including phenoxy) is 1. The molecule has 2 rings (SSSR count). The molecule has 1 fully saturated rings. The molecule has 0 radical (unpaired) electrons. The number of nitrogens with zero attached hydrogens (tertiary/aromatic N) is 2. The summed E-state index contributed by atoms with van der Waals surface area (Å²) >= 11 is 0. The second kappa shape index (κ2) is 4.53. The number of hydrogen-bond acceptors (Lipinski definition) is 4. The predicted octanol–water partition coefficient (Wildman–Crippen LogP) is 0.209. The Hall–Kier alpha value is -0.910. The van der Waals surface area contributed by atoms with Crippen LogP contribution in [0.25, 0.3) is 0 Å². The fraction of sp³-hybridized carbons (Fsp3) is 0.727. The molecule has 1 aromatic rings. The second-order valence-corrected chi connectivity index (χ2v) is 4.46. The first-order chi connectivity index (χ1) is 7.69. The molecule has 2 heterocycles. The Morgan fingerprint density at radius 2 is 2.31 bits per heavy atom. The zero-order valence-electron chi connectivity index (χ0n) is 9.59. The normalized spacial score (nSPS) is 21.9. The van der Waals surface area contributed by atoms with Crippen molar-refractivity contribution in [2.45, 2.75) is 18.9 Å². The zero-order valence-corrected chi connectivity index (χ0v) is 9.59. The van der Waals surface area contributed by atoms with Gasteiger partial charge >= 0.3 is 0 Å². The first kappa shape index (κ1) is 11.6. The molecule has 1 aliphatic heterocycles. The molecule has 90 valence electrons. The van der Waals surface area contributed by atoms with E-state index in [0.717, 1.165) is 18.5 Å². The van der Waals surface area contributed by atoms with Gasteiger partial charge in [-0.2, -0.15) is 5.10 Å². The number of nitrogens with two attached hydrogens (primary N) is 1. The van der Waals surface area contributed by atoms with Crippen LogP contribution >= 0.6 is 0 Å². The van der Waals surface area contributed by atoms with Gasteiger partial charge in [0.2, 0.25) is 0 Å². The number of hydrogen-bond donors (Lipinski definition) is 2. The summed E-state index contributed by atoms with van der Waals surface area (Å²) in [6.07, 6.45) is 2.74. The van der Waals surface area contributed by atoms with Gasteiger partial charge in [-0.1, -0.05) is 0 Å². The maximum Gasteiger partial charge on any atom is 0.103 e. The van der Waals surface area contributed by atoms with E-state index in [9.17, 15) is 5.11 Å². The molecule has 5 heteroatoms. The molecule has 0 spiro atoms. The molecule has 1 saturated heterocycles. The fourth-order valence-electron chi connectivity index (χ4n) is 2.33. The molecule has 1 atom stereocenters. The average Bonchev–Trinajstić information content (AvgIpc) is 2.75. The van der Waals surface area contributed by atoms with Crippen LogP contribution < -0.4 is 5.73 Å². The van der Waals surface area contributed by atoms with Gasteiger partial charge in [0.25, 0.3) is 0 Å². The van der Waals surface area contributed by atoms with E-state index >= 15 is 0 Å². The van der Waals surface area contributed by atoms with Crippen LogP contribution in [0, 0.1) is 5.41 Å². The number of aliphatic hydroxyl groups is 1. The Morgan fingerprint density at radius 1 is 1.62 bits per heavy atom. The molecule has 0 saturated carbocycles. The molecular weight excluding hydrogens is 206 g/mol. The topological polar surface area (TPSA) is 73.3 Å². The first-order valence-electron chi connectivity index (χ1n) is 5.63. The Kier molecular flexibility index (Phi) is 3.28. The highest BCUT2D eigenvalue weighted by Gasteiger charge is 2.40. The predicted molar refractivity (Wildman–Crippen MR) is 59.7 cm³/mol. The summed E-state index contributed by atoms with van der Waals surface area (Å²) in [6, 6.07) is 1.84. The maximum atomic E-state index is 10.5. The van der Waals surface area contributed by atoms with Crippen molar-refractivity contribution in [1.82, 2.24) is 9.78 Å². The minimum absolute atomic E-state index is 0.258. The van der Waals surface area contributed by atoms with Gasteiger partial charge in [0, 0.05) is 38.4 Å². The molecular formula is C11H19N3O2. The van der Waals surface area contributed by atoms with Crippen molar-refractivity contribution >= 4 is 0 Å². The van der Waals surface area contributed by atoms with E-state index in [1.54, 1.807) is 10.9 Å². The number of aromatic nitrogens is 2. The molecule has 0 aliphatic carbocycles. The van der Waals surface area contributed by atoms with Crippen molar-refractivity contribution in [2.75, 3.05) is 19.8 Å². The van der Waals surface area contributed by atoms with Crippen LogP contribution in [0.5, 0.6) is 0 Å². The van der Waals surface area contributed by atoms with Crippen LogP contribution in [-0.2, 0) is 11.8 Å². The van der Waals surface area contributed by atoms with Crippen LogP contribution in [0.1, 0.15) is 24.6 Å². The van der Waals surface area contributed by atoms with Crippen LogP contribution in [0.2, 0.25) is 0 Å². The highest BCUT2D eigenvalue weighted by molar-refractivity contribution is 5.10. The van der Waals surface area contributed by atoms with Gasteiger partial charge in [0.15, 0.2) is 0 Å². The van der Waals surface area contributed by atoms with Crippen LogP contribution in [-0.4, -0.2) is 34.6 Å². The summed E-state index contributed by atoms with van der Waals surface area (Å²) < 4.78 is 7.04. The Balaban J connectivity index is 2.24. The Bertz CT molecular complexity index is 345. The highest BCUT2D eigenvalue weighted by Crippen LogP contribution is 2.41. The minimum Gasteiger partial charge on any atom is -0.386 e. The van der Waals surface area contributed by atoms with Crippen molar-refractivity contribution in [3.05, 3.63) is 18.0 Å². The SMILES string of the molecule is Cn1nccc1C(O)C1(CN)CCOCC1. The smallest absolute Gasteiger partial charge is 0.103 e. The third-order valence-corrected chi connectivity index (χ3v) is 3.61. The van der Waals surface area contributed by atoms with Crippen molar-refractivity contribution in [3.8, 4) is 0 Å². The minimum atomic E-state index is -0.561. The van der Waals surface area contributed by atoms with E-state index in [-0.39, 0.29) is 5.41 Å². The second-order valence-electron chi connectivity index (χ2n) is 4.46. The van der Waals surface area contributed by atoms with E-state index in [2.05, 4.69) is 5.10 Å². The molecule has 5 nitrogen and oxygen atoms in total. The fourth-order valence-corrected chi connectivity index (χ4v) is 2.33. The van der Waals surface area contributed by atoms with Gasteiger partial charge < -0.3 is 15.6 Å².